The van der Waals surface area contributed by atoms with Crippen LogP contribution in [0.4, 0.5) is 0 Å². The summed E-state index contributed by atoms with van der Waals surface area (Å²) >= 11 is 0. The van der Waals surface area contributed by atoms with Crippen LogP contribution in [0.1, 0.15) is 71.6 Å². The van der Waals surface area contributed by atoms with Crippen molar-refractivity contribution < 1.29 is 10.2 Å². The molecule has 2 nitrogen and oxygen atoms in total. The SMILES string of the molecule is C[C@]12CC(O)CCC1CC[C@@H]1[C@H]2CC[C@]2(C)C(O)CC[C@@H]12. The highest BCUT2D eigenvalue weighted by atomic mass is 16.3. The second kappa shape index (κ2) is 4.71. The van der Waals surface area contributed by atoms with Crippen LogP contribution in [-0.4, -0.2) is 22.4 Å². The van der Waals surface area contributed by atoms with E-state index in [1.54, 1.807) is 0 Å². The van der Waals surface area contributed by atoms with Crippen LogP contribution in [-0.2, 0) is 0 Å². The van der Waals surface area contributed by atoms with E-state index in [2.05, 4.69) is 13.8 Å². The molecule has 4 fully saturated rings. The third-order valence-corrected chi connectivity index (χ3v) is 8.54. The fraction of sp³-hybridized carbons (Fsp3) is 1.00. The Hall–Kier alpha value is -0.0800. The number of aliphatic hydroxyl groups is 2. The lowest BCUT2D eigenvalue weighted by molar-refractivity contribution is -0.137. The van der Waals surface area contributed by atoms with E-state index in [9.17, 15) is 10.2 Å². The van der Waals surface area contributed by atoms with E-state index in [1.807, 2.05) is 0 Å². The molecule has 0 heterocycles. The zero-order chi connectivity index (χ0) is 14.8. The summed E-state index contributed by atoms with van der Waals surface area (Å²) in [4.78, 5) is 0. The molecule has 0 saturated heterocycles. The topological polar surface area (TPSA) is 40.5 Å². The number of rotatable bonds is 0. The van der Waals surface area contributed by atoms with Gasteiger partial charge in [0, 0.05) is 0 Å². The van der Waals surface area contributed by atoms with E-state index in [0.717, 1.165) is 42.9 Å². The van der Waals surface area contributed by atoms with Crippen molar-refractivity contribution in [3.63, 3.8) is 0 Å². The predicted octanol–water partition coefficient (Wildman–Crippen LogP) is 3.75. The van der Waals surface area contributed by atoms with E-state index in [0.29, 0.717) is 5.41 Å². The molecule has 21 heavy (non-hydrogen) atoms. The summed E-state index contributed by atoms with van der Waals surface area (Å²) in [6.07, 6.45) is 10.7. The Morgan fingerprint density at radius 2 is 1.48 bits per heavy atom. The van der Waals surface area contributed by atoms with Gasteiger partial charge in [0.1, 0.15) is 0 Å². The molecule has 0 bridgehead atoms. The van der Waals surface area contributed by atoms with Gasteiger partial charge in [0.2, 0.25) is 0 Å². The zero-order valence-electron chi connectivity index (χ0n) is 13.7. The molecule has 0 aliphatic heterocycles. The van der Waals surface area contributed by atoms with Gasteiger partial charge in [-0.1, -0.05) is 13.8 Å². The molecule has 120 valence electrons. The standard InChI is InChI=1S/C19H32O2/c1-18-10-9-16-14(15(18)7-8-17(18)21)6-4-12-3-5-13(20)11-19(12,16)2/h12-17,20-21H,3-11H2,1-2H3/t12?,13?,14-,15-,16+,17?,18-,19-/m0/s1. The molecule has 0 spiro atoms. The first-order chi connectivity index (χ1) is 9.95. The van der Waals surface area contributed by atoms with Gasteiger partial charge >= 0.3 is 0 Å². The van der Waals surface area contributed by atoms with Gasteiger partial charge in [0.05, 0.1) is 12.2 Å². The van der Waals surface area contributed by atoms with Gasteiger partial charge in [-0.25, -0.2) is 0 Å². The molecular weight excluding hydrogens is 260 g/mol. The maximum absolute atomic E-state index is 10.5. The number of hydrogen-bond donors (Lipinski definition) is 2. The minimum atomic E-state index is -0.0640. The average Bonchev–Trinajstić information content (AvgIpc) is 2.74. The Bertz CT molecular complexity index is 422. The Kier molecular flexibility index (Phi) is 3.25. The second-order valence-corrected chi connectivity index (χ2v) is 9.23. The van der Waals surface area contributed by atoms with Crippen LogP contribution in [0.15, 0.2) is 0 Å². The Morgan fingerprint density at radius 1 is 0.762 bits per heavy atom. The molecule has 2 N–H and O–H groups in total. The van der Waals surface area contributed by atoms with Gasteiger partial charge in [-0.05, 0) is 92.3 Å². The lowest BCUT2D eigenvalue weighted by atomic mass is 9.45. The van der Waals surface area contributed by atoms with Crippen molar-refractivity contribution in [3.05, 3.63) is 0 Å². The lowest BCUT2D eigenvalue weighted by Gasteiger charge is -2.60. The smallest absolute Gasteiger partial charge is 0.0596 e. The lowest BCUT2D eigenvalue weighted by Crippen LogP contribution is -2.54. The number of hydrogen-bond acceptors (Lipinski definition) is 2. The second-order valence-electron chi connectivity index (χ2n) is 9.23. The van der Waals surface area contributed by atoms with Crippen molar-refractivity contribution in [2.24, 2.45) is 34.5 Å². The first kappa shape index (κ1) is 14.5. The molecule has 0 aromatic rings. The van der Waals surface area contributed by atoms with E-state index < -0.39 is 0 Å². The highest BCUT2D eigenvalue weighted by Gasteiger charge is 2.60. The highest BCUT2D eigenvalue weighted by Crippen LogP contribution is 2.66. The summed E-state index contributed by atoms with van der Waals surface area (Å²) in [7, 11) is 0. The Morgan fingerprint density at radius 3 is 2.29 bits per heavy atom. The summed E-state index contributed by atoms with van der Waals surface area (Å²) in [5, 5.41) is 20.7. The molecule has 4 saturated carbocycles. The highest BCUT2D eigenvalue weighted by molar-refractivity contribution is 5.09. The Labute approximate surface area is 129 Å². The fourth-order valence-electron chi connectivity index (χ4n) is 7.30. The summed E-state index contributed by atoms with van der Waals surface area (Å²) in [6, 6.07) is 0. The summed E-state index contributed by atoms with van der Waals surface area (Å²) in [6.45, 7) is 4.85. The minimum absolute atomic E-state index is 0.0625. The van der Waals surface area contributed by atoms with Gasteiger partial charge in [-0.15, -0.1) is 0 Å². The Balaban J connectivity index is 1.64. The van der Waals surface area contributed by atoms with Crippen LogP contribution >= 0.6 is 0 Å². The molecule has 0 aromatic carbocycles. The van der Waals surface area contributed by atoms with Crippen molar-refractivity contribution in [2.45, 2.75) is 83.8 Å². The molecule has 4 aliphatic rings. The van der Waals surface area contributed by atoms with Crippen molar-refractivity contribution in [1.29, 1.82) is 0 Å². The zero-order valence-corrected chi connectivity index (χ0v) is 13.7. The van der Waals surface area contributed by atoms with Gasteiger partial charge in [-0.3, -0.25) is 0 Å². The van der Waals surface area contributed by atoms with E-state index in [1.165, 1.54) is 38.5 Å². The first-order valence-electron chi connectivity index (χ1n) is 9.31. The van der Waals surface area contributed by atoms with Crippen LogP contribution in [0.3, 0.4) is 0 Å². The number of aliphatic hydroxyl groups excluding tert-OH is 2. The van der Waals surface area contributed by atoms with Crippen molar-refractivity contribution >= 4 is 0 Å². The van der Waals surface area contributed by atoms with Gasteiger partial charge < -0.3 is 10.2 Å². The summed E-state index contributed by atoms with van der Waals surface area (Å²) in [5.74, 6) is 3.20. The van der Waals surface area contributed by atoms with Gasteiger partial charge in [0.25, 0.3) is 0 Å². The van der Waals surface area contributed by atoms with Crippen molar-refractivity contribution in [2.75, 3.05) is 0 Å². The first-order valence-corrected chi connectivity index (χ1v) is 9.31. The molecule has 4 aliphatic carbocycles. The maximum atomic E-state index is 10.5. The third-order valence-electron chi connectivity index (χ3n) is 8.54. The average molecular weight is 292 g/mol. The molecule has 0 radical (unpaired) electrons. The molecule has 3 unspecified atom stereocenters. The summed E-state index contributed by atoms with van der Waals surface area (Å²) < 4.78 is 0. The normalized spacial score (nSPS) is 60.0. The minimum Gasteiger partial charge on any atom is -0.393 e. The van der Waals surface area contributed by atoms with Crippen LogP contribution in [0.5, 0.6) is 0 Å². The van der Waals surface area contributed by atoms with Crippen molar-refractivity contribution in [1.82, 2.24) is 0 Å². The fourth-order valence-corrected chi connectivity index (χ4v) is 7.30. The molecule has 0 amide bonds. The molecule has 0 aromatic heterocycles. The van der Waals surface area contributed by atoms with Crippen LogP contribution in [0.25, 0.3) is 0 Å². The maximum Gasteiger partial charge on any atom is 0.0596 e. The summed E-state index contributed by atoms with van der Waals surface area (Å²) in [5.41, 5.74) is 0.563. The van der Waals surface area contributed by atoms with Crippen molar-refractivity contribution in [3.8, 4) is 0 Å². The molecule has 2 heteroatoms. The largest absolute Gasteiger partial charge is 0.393 e. The van der Waals surface area contributed by atoms with Crippen LogP contribution < -0.4 is 0 Å². The monoisotopic (exact) mass is 292 g/mol. The number of fused-ring (bicyclic) bond motifs is 5. The third kappa shape index (κ3) is 1.91. The van der Waals surface area contributed by atoms with E-state index in [4.69, 9.17) is 0 Å². The van der Waals surface area contributed by atoms with Gasteiger partial charge in [0.15, 0.2) is 0 Å². The molecule has 8 atom stereocenters. The van der Waals surface area contributed by atoms with E-state index in [-0.39, 0.29) is 17.6 Å². The van der Waals surface area contributed by atoms with Crippen LogP contribution in [0, 0.1) is 34.5 Å². The predicted molar refractivity (Wildman–Crippen MR) is 83.7 cm³/mol. The molecule has 4 rings (SSSR count). The van der Waals surface area contributed by atoms with Gasteiger partial charge in [-0.2, -0.15) is 0 Å². The van der Waals surface area contributed by atoms with E-state index >= 15 is 0 Å². The van der Waals surface area contributed by atoms with Crippen LogP contribution in [0.2, 0.25) is 0 Å². The quantitative estimate of drug-likeness (QED) is 0.714. The molecular formula is C19H32O2.